The molecule has 2 heterocycles. The first kappa shape index (κ1) is 22.9. The van der Waals surface area contributed by atoms with Gasteiger partial charge in [0.05, 0.1) is 12.6 Å². The molecular formula is C20H36IN5S. The SMILES string of the molecule is CCNC(=NCC(C)N(C)C1CC1)NCC(c1cccs1)N1CCCC1.I. The molecule has 3 rings (SSSR count). The van der Waals surface area contributed by atoms with Crippen LogP contribution in [0.4, 0.5) is 0 Å². The maximum absolute atomic E-state index is 4.86. The Morgan fingerprint density at radius 2 is 2.07 bits per heavy atom. The first-order chi connectivity index (χ1) is 12.7. The second kappa shape index (κ2) is 11.6. The normalized spacial score (nSPS) is 20.4. The number of guanidine groups is 1. The van der Waals surface area contributed by atoms with Crippen LogP contribution in [-0.2, 0) is 0 Å². The summed E-state index contributed by atoms with van der Waals surface area (Å²) in [5.74, 6) is 0.948. The first-order valence-corrected chi connectivity index (χ1v) is 11.1. The van der Waals surface area contributed by atoms with Gasteiger partial charge in [-0.2, -0.15) is 0 Å². The van der Waals surface area contributed by atoms with Gasteiger partial charge in [0, 0.05) is 30.1 Å². The van der Waals surface area contributed by atoms with Crippen molar-refractivity contribution < 1.29 is 0 Å². The van der Waals surface area contributed by atoms with E-state index in [4.69, 9.17) is 4.99 Å². The highest BCUT2D eigenvalue weighted by Crippen LogP contribution is 2.28. The molecule has 2 aliphatic rings. The largest absolute Gasteiger partial charge is 0.357 e. The van der Waals surface area contributed by atoms with Crippen molar-refractivity contribution in [3.05, 3.63) is 22.4 Å². The fourth-order valence-corrected chi connectivity index (χ4v) is 4.53. The van der Waals surface area contributed by atoms with Crippen LogP contribution >= 0.6 is 35.3 Å². The number of hydrogen-bond donors (Lipinski definition) is 2. The zero-order valence-electron chi connectivity index (χ0n) is 17.0. The minimum Gasteiger partial charge on any atom is -0.357 e. The van der Waals surface area contributed by atoms with Gasteiger partial charge in [-0.25, -0.2) is 0 Å². The average molecular weight is 506 g/mol. The van der Waals surface area contributed by atoms with Gasteiger partial charge in [0.15, 0.2) is 5.96 Å². The molecule has 27 heavy (non-hydrogen) atoms. The van der Waals surface area contributed by atoms with Crippen molar-refractivity contribution in [3.63, 3.8) is 0 Å². The third kappa shape index (κ3) is 6.87. The standard InChI is InChI=1S/C20H35N5S.HI/c1-4-21-20(22-14-16(2)24(3)17-9-10-17)23-15-18(19-8-7-13-26-19)25-11-5-6-12-25;/h7-8,13,16-18H,4-6,9-12,14-15H2,1-3H3,(H2,21,22,23);1H. The lowest BCUT2D eigenvalue weighted by atomic mass is 10.2. The molecule has 2 fully saturated rings. The van der Waals surface area contributed by atoms with Crippen LogP contribution in [0, 0.1) is 0 Å². The maximum Gasteiger partial charge on any atom is 0.191 e. The smallest absolute Gasteiger partial charge is 0.191 e. The Morgan fingerprint density at radius 1 is 1.33 bits per heavy atom. The molecule has 1 aromatic rings. The van der Waals surface area contributed by atoms with Crippen LogP contribution in [0.1, 0.15) is 50.4 Å². The number of likely N-dealkylation sites (tertiary alicyclic amines) is 1. The van der Waals surface area contributed by atoms with E-state index < -0.39 is 0 Å². The van der Waals surface area contributed by atoms with E-state index in [1.807, 2.05) is 11.3 Å². The molecule has 7 heteroatoms. The molecule has 5 nitrogen and oxygen atoms in total. The van der Waals surface area contributed by atoms with Gasteiger partial charge in [-0.1, -0.05) is 6.07 Å². The maximum atomic E-state index is 4.86. The molecule has 154 valence electrons. The van der Waals surface area contributed by atoms with E-state index in [1.165, 1.54) is 43.6 Å². The Hall–Kier alpha value is -0.380. The number of rotatable bonds is 9. The summed E-state index contributed by atoms with van der Waals surface area (Å²) in [7, 11) is 2.23. The van der Waals surface area contributed by atoms with Crippen molar-refractivity contribution in [1.29, 1.82) is 0 Å². The van der Waals surface area contributed by atoms with Crippen molar-refractivity contribution in [3.8, 4) is 0 Å². The minimum atomic E-state index is 0. The van der Waals surface area contributed by atoms with Crippen LogP contribution in [0.15, 0.2) is 22.5 Å². The van der Waals surface area contributed by atoms with Gasteiger partial charge in [-0.3, -0.25) is 14.8 Å². The number of nitrogens with zero attached hydrogens (tertiary/aromatic N) is 3. The van der Waals surface area contributed by atoms with Crippen molar-refractivity contribution in [2.45, 2.75) is 57.7 Å². The predicted octanol–water partition coefficient (Wildman–Crippen LogP) is 3.54. The van der Waals surface area contributed by atoms with Gasteiger partial charge >= 0.3 is 0 Å². The topological polar surface area (TPSA) is 42.9 Å². The summed E-state index contributed by atoms with van der Waals surface area (Å²) in [5.41, 5.74) is 0. The lowest BCUT2D eigenvalue weighted by molar-refractivity contribution is 0.247. The molecular weight excluding hydrogens is 469 g/mol. The second-order valence-electron chi connectivity index (χ2n) is 7.62. The summed E-state index contributed by atoms with van der Waals surface area (Å²) in [6, 6.07) is 6.16. The molecule has 1 saturated heterocycles. The van der Waals surface area contributed by atoms with E-state index in [0.717, 1.165) is 31.6 Å². The fraction of sp³-hybridized carbons (Fsp3) is 0.750. The van der Waals surface area contributed by atoms with Crippen LogP contribution in [0.3, 0.4) is 0 Å². The number of likely N-dealkylation sites (N-methyl/N-ethyl adjacent to an activating group) is 1. The zero-order chi connectivity index (χ0) is 18.4. The third-order valence-electron chi connectivity index (χ3n) is 5.59. The fourth-order valence-electron chi connectivity index (χ4n) is 3.67. The van der Waals surface area contributed by atoms with Crippen molar-refractivity contribution in [2.24, 2.45) is 4.99 Å². The van der Waals surface area contributed by atoms with Crippen LogP contribution < -0.4 is 10.6 Å². The van der Waals surface area contributed by atoms with Gasteiger partial charge in [-0.15, -0.1) is 35.3 Å². The predicted molar refractivity (Wildman–Crippen MR) is 128 cm³/mol. The summed E-state index contributed by atoms with van der Waals surface area (Å²) in [5, 5.41) is 9.22. The first-order valence-electron chi connectivity index (χ1n) is 10.2. The van der Waals surface area contributed by atoms with E-state index in [2.05, 4.69) is 58.8 Å². The summed E-state index contributed by atoms with van der Waals surface area (Å²) < 4.78 is 0. The summed E-state index contributed by atoms with van der Waals surface area (Å²) in [6.07, 6.45) is 5.34. The molecule has 2 unspecified atom stereocenters. The average Bonchev–Trinajstić information content (AvgIpc) is 3.11. The molecule has 0 aromatic carbocycles. The summed E-state index contributed by atoms with van der Waals surface area (Å²) in [4.78, 5) is 11.4. The molecule has 0 amide bonds. The van der Waals surface area contributed by atoms with E-state index in [-0.39, 0.29) is 24.0 Å². The Labute approximate surface area is 186 Å². The second-order valence-corrected chi connectivity index (χ2v) is 8.60. The molecule has 1 aromatic heterocycles. The van der Waals surface area contributed by atoms with E-state index in [9.17, 15) is 0 Å². The number of nitrogens with one attached hydrogen (secondary N) is 2. The highest BCUT2D eigenvalue weighted by Gasteiger charge is 2.29. The van der Waals surface area contributed by atoms with E-state index in [0.29, 0.717) is 12.1 Å². The molecule has 0 spiro atoms. The van der Waals surface area contributed by atoms with Crippen molar-refractivity contribution in [1.82, 2.24) is 20.4 Å². The van der Waals surface area contributed by atoms with Crippen molar-refractivity contribution >= 4 is 41.3 Å². The highest BCUT2D eigenvalue weighted by molar-refractivity contribution is 14.0. The Morgan fingerprint density at radius 3 is 2.67 bits per heavy atom. The highest BCUT2D eigenvalue weighted by atomic mass is 127. The van der Waals surface area contributed by atoms with Gasteiger partial charge in [-0.05, 0) is 71.1 Å². The molecule has 0 bridgehead atoms. The van der Waals surface area contributed by atoms with Gasteiger partial charge < -0.3 is 10.6 Å². The number of halogens is 1. The van der Waals surface area contributed by atoms with Gasteiger partial charge in [0.1, 0.15) is 0 Å². The van der Waals surface area contributed by atoms with Gasteiger partial charge in [0.2, 0.25) is 0 Å². The van der Waals surface area contributed by atoms with Crippen LogP contribution in [0.25, 0.3) is 0 Å². The van der Waals surface area contributed by atoms with Crippen molar-refractivity contribution in [2.75, 3.05) is 39.8 Å². The molecule has 1 aliphatic heterocycles. The van der Waals surface area contributed by atoms with E-state index >= 15 is 0 Å². The number of hydrogen-bond acceptors (Lipinski definition) is 4. The Bertz CT molecular complexity index is 555. The van der Waals surface area contributed by atoms with E-state index in [1.54, 1.807) is 0 Å². The van der Waals surface area contributed by atoms with Crippen LogP contribution in [-0.4, -0.2) is 67.6 Å². The quantitative estimate of drug-likeness (QED) is 0.306. The lowest BCUT2D eigenvalue weighted by Crippen LogP contribution is -2.43. The summed E-state index contributed by atoms with van der Waals surface area (Å²) in [6.45, 7) is 9.49. The molecule has 1 aliphatic carbocycles. The van der Waals surface area contributed by atoms with Crippen LogP contribution in [0.5, 0.6) is 0 Å². The van der Waals surface area contributed by atoms with Crippen LogP contribution in [0.2, 0.25) is 0 Å². The molecule has 0 radical (unpaired) electrons. The monoisotopic (exact) mass is 505 g/mol. The lowest BCUT2D eigenvalue weighted by Gasteiger charge is -2.28. The Balaban J connectivity index is 0.00000261. The Kier molecular flexibility index (Phi) is 9.82. The number of thiophene rings is 1. The third-order valence-corrected chi connectivity index (χ3v) is 6.57. The molecule has 1 saturated carbocycles. The zero-order valence-corrected chi connectivity index (χ0v) is 20.1. The summed E-state index contributed by atoms with van der Waals surface area (Å²) >= 11 is 1.87. The van der Waals surface area contributed by atoms with Gasteiger partial charge in [0.25, 0.3) is 0 Å². The number of aliphatic imine (C=N–C) groups is 1. The molecule has 2 atom stereocenters. The minimum absolute atomic E-state index is 0. The molecule has 2 N–H and O–H groups in total.